The molecule has 0 aliphatic rings. The van der Waals surface area contributed by atoms with Crippen LogP contribution in [0.15, 0.2) is 0 Å². The van der Waals surface area contributed by atoms with Gasteiger partial charge in [-0.25, -0.2) is 0 Å². The summed E-state index contributed by atoms with van der Waals surface area (Å²) in [7, 11) is 0. The average Bonchev–Trinajstić information content (AvgIpc) is 3.02. The summed E-state index contributed by atoms with van der Waals surface area (Å²) in [5, 5.41) is 22.3. The number of carbonyl (C=O) groups is 11. The third-order valence-electron chi connectivity index (χ3n) is 7.20. The maximum Gasteiger partial charge on any atom is 0.325 e. The minimum Gasteiger partial charge on any atom is -0.480 e. The fourth-order valence-electron chi connectivity index (χ4n) is 4.10. The number of aliphatic carboxylic acids is 1. The predicted molar refractivity (Wildman–Crippen MR) is 178 cm³/mol. The molecule has 10 amide bonds. The van der Waals surface area contributed by atoms with E-state index in [1.165, 1.54) is 0 Å². The molecule has 0 fully saturated rings. The number of carboxylic acids is 1. The number of nitrogens with one attached hydrogen (secondary N) is 6. The highest BCUT2D eigenvalue weighted by Gasteiger charge is 2.34. The number of carbonyl (C=O) groups excluding carboxylic acids is 10. The highest BCUT2D eigenvalue weighted by atomic mass is 16.4. The van der Waals surface area contributed by atoms with E-state index < -0.39 is 133 Å². The predicted octanol–water partition coefficient (Wildman–Crippen LogP) is -6.72. The van der Waals surface area contributed by atoms with Gasteiger partial charge in [0.2, 0.25) is 59.1 Å². The molecule has 0 spiro atoms. The highest BCUT2D eigenvalue weighted by molar-refractivity contribution is 5.99. The van der Waals surface area contributed by atoms with Gasteiger partial charge in [0, 0.05) is 12.8 Å². The van der Waals surface area contributed by atoms with Crippen LogP contribution in [0.4, 0.5) is 0 Å². The minimum absolute atomic E-state index is 0.340. The maximum absolute atomic E-state index is 13.3. The Kier molecular flexibility index (Phi) is 19.6. The third kappa shape index (κ3) is 17.7. The molecule has 292 valence electrons. The van der Waals surface area contributed by atoms with Crippen LogP contribution in [-0.4, -0.2) is 112 Å². The van der Waals surface area contributed by atoms with Gasteiger partial charge in [0.1, 0.15) is 36.3 Å². The maximum atomic E-state index is 13.3. The minimum atomic E-state index is -1.79. The van der Waals surface area contributed by atoms with E-state index >= 15 is 0 Å². The normalized spacial score (nSPS) is 14.8. The fraction of sp³-hybridized carbons (Fsp3) is 0.621. The zero-order valence-corrected chi connectivity index (χ0v) is 29.2. The SMILES string of the molecule is CC(C)[C@H](N)C(=O)N[C@@H](CC(N)=O)C(=O)N[C@@H](CCC(N)=O)C(=O)N[C@@H](CC(N)=O)C(=O)N[C@@H](C)C(=O)N[C@@H](CCC(N)=O)C(=O)N[C@@H](C)C(=O)O. The second kappa shape index (κ2) is 22.1. The van der Waals surface area contributed by atoms with E-state index in [9.17, 15) is 52.7 Å². The molecule has 17 N–H and O–H groups in total. The van der Waals surface area contributed by atoms with E-state index in [0.717, 1.165) is 13.8 Å². The van der Waals surface area contributed by atoms with Crippen LogP contribution in [0, 0.1) is 5.92 Å². The quantitative estimate of drug-likeness (QED) is 0.0438. The van der Waals surface area contributed by atoms with E-state index in [1.807, 2.05) is 0 Å². The molecular weight excluding hydrogens is 694 g/mol. The summed E-state index contributed by atoms with van der Waals surface area (Å²) in [5.41, 5.74) is 26.6. The Balaban J connectivity index is 6.07. The van der Waals surface area contributed by atoms with Crippen molar-refractivity contribution in [1.82, 2.24) is 31.9 Å². The molecule has 0 aliphatic heterocycles. The third-order valence-corrected chi connectivity index (χ3v) is 7.20. The zero-order valence-electron chi connectivity index (χ0n) is 29.2. The first-order chi connectivity index (χ1) is 24.0. The van der Waals surface area contributed by atoms with Crippen LogP contribution in [0.2, 0.25) is 0 Å². The van der Waals surface area contributed by atoms with Gasteiger partial charge in [-0.1, -0.05) is 13.8 Å². The molecule has 0 rings (SSSR count). The summed E-state index contributed by atoms with van der Waals surface area (Å²) in [6.07, 6.45) is -3.23. The number of rotatable bonds is 24. The van der Waals surface area contributed by atoms with Gasteiger partial charge in [-0.2, -0.15) is 0 Å². The van der Waals surface area contributed by atoms with Crippen molar-refractivity contribution < 1.29 is 57.8 Å². The van der Waals surface area contributed by atoms with Gasteiger partial charge in [-0.05, 0) is 32.6 Å². The lowest BCUT2D eigenvalue weighted by Crippen LogP contribution is -2.60. The molecule has 7 atom stereocenters. The summed E-state index contributed by atoms with van der Waals surface area (Å²) in [6.45, 7) is 5.54. The van der Waals surface area contributed by atoms with Gasteiger partial charge < -0.3 is 65.7 Å². The van der Waals surface area contributed by atoms with Gasteiger partial charge in [0.15, 0.2) is 0 Å². The standard InChI is InChI=1S/C29H49N11O12/c1-11(2)22(34)28(50)40-17(10-21(33)44)27(49)38-15(6-8-19(31)42)25(47)39-16(9-20(32)43)26(48)35-12(3)23(45)37-14(5-7-18(30)41)24(46)36-13(4)29(51)52/h11-17,22H,5-10,34H2,1-4H3,(H2,30,41)(H2,31,42)(H2,32,43)(H2,33,44)(H,35,48)(H,36,46)(H,37,45)(H,38,49)(H,39,47)(H,40,50)(H,51,52)/t12-,13-,14-,15-,16-,17-,22-/m0/s1. The molecule has 0 bridgehead atoms. The Labute approximate surface area is 298 Å². The molecule has 0 saturated carbocycles. The van der Waals surface area contributed by atoms with Crippen molar-refractivity contribution in [2.24, 2.45) is 34.6 Å². The molecule has 0 aromatic rings. The van der Waals surface area contributed by atoms with Crippen LogP contribution >= 0.6 is 0 Å². The number of amides is 10. The Morgan fingerprint density at radius 1 is 0.462 bits per heavy atom. The molecule has 23 nitrogen and oxygen atoms in total. The zero-order chi connectivity index (χ0) is 40.5. The first kappa shape index (κ1) is 46.1. The molecule has 0 unspecified atom stereocenters. The Morgan fingerprint density at radius 3 is 1.17 bits per heavy atom. The van der Waals surface area contributed by atoms with Crippen LogP contribution < -0.4 is 60.6 Å². The van der Waals surface area contributed by atoms with Gasteiger partial charge >= 0.3 is 5.97 Å². The van der Waals surface area contributed by atoms with Gasteiger partial charge in [0.05, 0.1) is 18.9 Å². The second-order valence-corrected chi connectivity index (χ2v) is 12.2. The van der Waals surface area contributed by atoms with Crippen molar-refractivity contribution in [3.63, 3.8) is 0 Å². The molecule has 23 heteroatoms. The monoisotopic (exact) mass is 743 g/mol. The summed E-state index contributed by atoms with van der Waals surface area (Å²) < 4.78 is 0. The lowest BCUT2D eigenvalue weighted by atomic mass is 10.0. The van der Waals surface area contributed by atoms with Crippen molar-refractivity contribution in [2.45, 2.75) is 109 Å². The van der Waals surface area contributed by atoms with Crippen LogP contribution in [0.1, 0.15) is 66.2 Å². The molecule has 0 aromatic carbocycles. The number of hydrogen-bond acceptors (Lipinski definition) is 12. The molecule has 0 saturated heterocycles. The lowest BCUT2D eigenvalue weighted by Gasteiger charge is -2.26. The number of nitrogens with two attached hydrogens (primary N) is 5. The van der Waals surface area contributed by atoms with E-state index in [4.69, 9.17) is 33.8 Å². The van der Waals surface area contributed by atoms with E-state index in [2.05, 4.69) is 31.9 Å². The first-order valence-electron chi connectivity index (χ1n) is 15.9. The van der Waals surface area contributed by atoms with Crippen molar-refractivity contribution in [3.05, 3.63) is 0 Å². The smallest absolute Gasteiger partial charge is 0.325 e. The van der Waals surface area contributed by atoms with E-state index in [0.29, 0.717) is 0 Å². The van der Waals surface area contributed by atoms with Crippen LogP contribution in [0.25, 0.3) is 0 Å². The molecule has 0 radical (unpaired) electrons. The number of hydrogen-bond donors (Lipinski definition) is 12. The summed E-state index contributed by atoms with van der Waals surface area (Å²) in [6, 6.07) is -10.5. The first-order valence-corrected chi connectivity index (χ1v) is 15.9. The number of carboxylic acid groups (broad SMARTS) is 1. The Bertz CT molecular complexity index is 1390. The molecule has 0 aliphatic carbocycles. The fourth-order valence-corrected chi connectivity index (χ4v) is 4.10. The topological polar surface area (TPSA) is 410 Å². The highest BCUT2D eigenvalue weighted by Crippen LogP contribution is 2.06. The number of primary amides is 4. The summed E-state index contributed by atoms with van der Waals surface area (Å²) in [5.74, 6) is -11.9. The van der Waals surface area contributed by atoms with Crippen molar-refractivity contribution in [3.8, 4) is 0 Å². The Morgan fingerprint density at radius 2 is 0.788 bits per heavy atom. The largest absolute Gasteiger partial charge is 0.480 e. The Hall–Kier alpha value is -5.87. The molecule has 0 heterocycles. The summed E-state index contributed by atoms with van der Waals surface area (Å²) in [4.78, 5) is 135. The molecule has 52 heavy (non-hydrogen) atoms. The van der Waals surface area contributed by atoms with Gasteiger partial charge in [0.25, 0.3) is 0 Å². The van der Waals surface area contributed by atoms with Crippen LogP contribution in [0.3, 0.4) is 0 Å². The van der Waals surface area contributed by atoms with Crippen LogP contribution in [0.5, 0.6) is 0 Å². The van der Waals surface area contributed by atoms with Crippen LogP contribution in [-0.2, 0) is 52.7 Å². The van der Waals surface area contributed by atoms with Crippen molar-refractivity contribution in [1.29, 1.82) is 0 Å². The van der Waals surface area contributed by atoms with Crippen molar-refractivity contribution >= 4 is 65.0 Å². The summed E-state index contributed by atoms with van der Waals surface area (Å²) >= 11 is 0. The lowest BCUT2D eigenvalue weighted by molar-refractivity contribution is -0.142. The van der Waals surface area contributed by atoms with Crippen molar-refractivity contribution in [2.75, 3.05) is 0 Å². The van der Waals surface area contributed by atoms with Gasteiger partial charge in [-0.3, -0.25) is 52.7 Å². The average molecular weight is 744 g/mol. The molecule has 0 aromatic heterocycles. The van der Waals surface area contributed by atoms with E-state index in [-0.39, 0.29) is 18.8 Å². The second-order valence-electron chi connectivity index (χ2n) is 12.2. The van der Waals surface area contributed by atoms with Gasteiger partial charge in [-0.15, -0.1) is 0 Å². The van der Waals surface area contributed by atoms with E-state index in [1.54, 1.807) is 13.8 Å². The molecular formula is C29H49N11O12.